The van der Waals surface area contributed by atoms with Crippen molar-refractivity contribution in [1.29, 1.82) is 0 Å². The summed E-state index contributed by atoms with van der Waals surface area (Å²) >= 11 is 0. The Morgan fingerprint density at radius 2 is 1.83 bits per heavy atom. The molecule has 1 aromatic carbocycles. The summed E-state index contributed by atoms with van der Waals surface area (Å²) in [4.78, 5) is 12.1. The van der Waals surface area contributed by atoms with Gasteiger partial charge in [-0.1, -0.05) is 30.3 Å². The first-order valence-electron chi connectivity index (χ1n) is 9.81. The largest absolute Gasteiger partial charge is 0.376 e. The number of nitrogens with zero attached hydrogens (tertiary/aromatic N) is 1. The van der Waals surface area contributed by atoms with E-state index in [1.807, 2.05) is 18.2 Å². The zero-order chi connectivity index (χ0) is 20.9. The molecule has 1 aromatic heterocycles. The average molecular weight is 423 g/mol. The Labute approximate surface area is 170 Å². The lowest BCUT2D eigenvalue weighted by Gasteiger charge is -2.30. The van der Waals surface area contributed by atoms with E-state index in [2.05, 4.69) is 16.9 Å². The molecular formula is C21H27FN2O4S. The van der Waals surface area contributed by atoms with Crippen molar-refractivity contribution in [3.63, 3.8) is 0 Å². The summed E-state index contributed by atoms with van der Waals surface area (Å²) in [5, 5.41) is 0. The third-order valence-corrected chi connectivity index (χ3v) is 6.06. The molecule has 8 heteroatoms. The van der Waals surface area contributed by atoms with E-state index in [4.69, 9.17) is 4.74 Å². The van der Waals surface area contributed by atoms with Crippen molar-refractivity contribution in [1.82, 2.24) is 9.29 Å². The van der Waals surface area contributed by atoms with Crippen molar-refractivity contribution in [2.75, 3.05) is 19.4 Å². The summed E-state index contributed by atoms with van der Waals surface area (Å²) < 4.78 is 46.3. The molecule has 0 amide bonds. The normalized spacial score (nSPS) is 21.0. The van der Waals surface area contributed by atoms with Gasteiger partial charge < -0.3 is 9.30 Å². The van der Waals surface area contributed by atoms with Crippen molar-refractivity contribution in [2.24, 2.45) is 0 Å². The summed E-state index contributed by atoms with van der Waals surface area (Å²) in [5.74, 6) is -0.357. The van der Waals surface area contributed by atoms with Crippen molar-refractivity contribution >= 4 is 10.0 Å². The Kier molecular flexibility index (Phi) is 7.21. The number of benzene rings is 1. The Morgan fingerprint density at radius 3 is 2.48 bits per heavy atom. The second-order valence-electron chi connectivity index (χ2n) is 7.56. The molecule has 2 aromatic rings. The smallest absolute Gasteiger partial charge is 0.286 e. The van der Waals surface area contributed by atoms with E-state index < -0.39 is 27.4 Å². The quantitative estimate of drug-likeness (QED) is 0.710. The van der Waals surface area contributed by atoms with Crippen LogP contribution in [0.5, 0.6) is 0 Å². The number of ether oxygens (including phenoxy) is 1. The molecule has 158 valence electrons. The first-order chi connectivity index (χ1) is 13.8. The van der Waals surface area contributed by atoms with Gasteiger partial charge in [0, 0.05) is 12.7 Å². The molecule has 0 aliphatic heterocycles. The van der Waals surface area contributed by atoms with Crippen molar-refractivity contribution < 1.29 is 17.5 Å². The summed E-state index contributed by atoms with van der Waals surface area (Å²) in [7, 11) is -3.45. The zero-order valence-electron chi connectivity index (χ0n) is 16.5. The van der Waals surface area contributed by atoms with E-state index in [0.29, 0.717) is 5.92 Å². The van der Waals surface area contributed by atoms with Gasteiger partial charge in [0.1, 0.15) is 0 Å². The predicted octanol–water partition coefficient (Wildman–Crippen LogP) is 2.82. The van der Waals surface area contributed by atoms with Crippen LogP contribution in [0.15, 0.2) is 53.5 Å². The second kappa shape index (κ2) is 9.65. The maximum absolute atomic E-state index is 13.7. The molecule has 1 N–H and O–H groups in total. The minimum absolute atomic E-state index is 0.0401. The van der Waals surface area contributed by atoms with Crippen LogP contribution in [0.2, 0.25) is 0 Å². The van der Waals surface area contributed by atoms with Gasteiger partial charge in [0.05, 0.1) is 25.0 Å². The van der Waals surface area contributed by atoms with Gasteiger partial charge in [0.15, 0.2) is 5.82 Å². The monoisotopic (exact) mass is 422 g/mol. The highest BCUT2D eigenvalue weighted by Crippen LogP contribution is 2.34. The van der Waals surface area contributed by atoms with Crippen molar-refractivity contribution in [3.8, 4) is 0 Å². The standard InChI is InChI=1S/C21H27FN2O4S/c1-29(26,27)23-14-18(24-13-5-8-20(22)21(24)25)15-28-19-11-9-17(10-12-19)16-6-3-2-4-7-16/h2-8,13,17-19,23H,9-12,14-15H2,1H3/t17-,18-,19+/m0/s1. The molecule has 0 bridgehead atoms. The minimum atomic E-state index is -3.45. The Bertz CT molecular complexity index is 954. The highest BCUT2D eigenvalue weighted by Gasteiger charge is 2.24. The minimum Gasteiger partial charge on any atom is -0.376 e. The Hall–Kier alpha value is -2.03. The summed E-state index contributed by atoms with van der Waals surface area (Å²) in [5.41, 5.74) is 0.552. The summed E-state index contributed by atoms with van der Waals surface area (Å²) in [6.07, 6.45) is 6.36. The Morgan fingerprint density at radius 1 is 1.14 bits per heavy atom. The van der Waals surface area contributed by atoms with E-state index >= 15 is 0 Å². The first-order valence-corrected chi connectivity index (χ1v) is 11.7. The van der Waals surface area contributed by atoms with Crippen molar-refractivity contribution in [3.05, 3.63) is 70.4 Å². The lowest BCUT2D eigenvalue weighted by Crippen LogP contribution is -2.38. The molecular weight excluding hydrogens is 395 g/mol. The molecule has 29 heavy (non-hydrogen) atoms. The van der Waals surface area contributed by atoms with Gasteiger partial charge in [-0.2, -0.15) is 0 Å². The van der Waals surface area contributed by atoms with E-state index in [-0.39, 0.29) is 19.3 Å². The number of rotatable bonds is 8. The maximum atomic E-state index is 13.7. The number of hydrogen-bond donors (Lipinski definition) is 1. The van der Waals surface area contributed by atoms with Gasteiger partial charge in [0.2, 0.25) is 10.0 Å². The molecule has 1 atom stereocenters. The van der Waals surface area contributed by atoms with Crippen LogP contribution in [0.4, 0.5) is 4.39 Å². The van der Waals surface area contributed by atoms with E-state index in [1.54, 1.807) is 0 Å². The Balaban J connectivity index is 1.61. The van der Waals surface area contributed by atoms with Gasteiger partial charge in [-0.15, -0.1) is 0 Å². The van der Waals surface area contributed by atoms with Crippen molar-refractivity contribution in [2.45, 2.75) is 43.7 Å². The first kappa shape index (κ1) is 21.7. The number of aromatic nitrogens is 1. The highest BCUT2D eigenvalue weighted by molar-refractivity contribution is 7.88. The van der Waals surface area contributed by atoms with Crippen LogP contribution < -0.4 is 10.3 Å². The highest BCUT2D eigenvalue weighted by atomic mass is 32.2. The number of sulfonamides is 1. The molecule has 0 radical (unpaired) electrons. The second-order valence-corrected chi connectivity index (χ2v) is 9.39. The lowest BCUT2D eigenvalue weighted by atomic mass is 9.83. The van der Waals surface area contributed by atoms with Gasteiger partial charge in [0.25, 0.3) is 5.56 Å². The fourth-order valence-corrected chi connectivity index (χ4v) is 4.29. The zero-order valence-corrected chi connectivity index (χ0v) is 17.3. The lowest BCUT2D eigenvalue weighted by molar-refractivity contribution is 0.00722. The van der Waals surface area contributed by atoms with E-state index in [1.165, 1.54) is 22.4 Å². The van der Waals surface area contributed by atoms with Crippen LogP contribution >= 0.6 is 0 Å². The predicted molar refractivity (Wildman–Crippen MR) is 110 cm³/mol. The summed E-state index contributed by atoms with van der Waals surface area (Å²) in [6, 6.07) is 12.3. The van der Waals surface area contributed by atoms with Crippen LogP contribution in [-0.4, -0.2) is 38.5 Å². The van der Waals surface area contributed by atoms with Crippen LogP contribution in [0.25, 0.3) is 0 Å². The van der Waals surface area contributed by atoms with Gasteiger partial charge >= 0.3 is 0 Å². The molecule has 1 aliphatic carbocycles. The number of hydrogen-bond acceptors (Lipinski definition) is 4. The van der Waals surface area contributed by atoms with Crippen LogP contribution in [0, 0.1) is 5.82 Å². The third kappa shape index (κ3) is 6.22. The van der Waals surface area contributed by atoms with Gasteiger partial charge in [-0.05, 0) is 49.3 Å². The summed E-state index contributed by atoms with van der Waals surface area (Å²) in [6.45, 7) is 0.0914. The van der Waals surface area contributed by atoms with Crippen LogP contribution in [-0.2, 0) is 14.8 Å². The fourth-order valence-electron chi connectivity index (χ4n) is 3.79. The molecule has 1 fully saturated rings. The molecule has 1 saturated carbocycles. The van der Waals surface area contributed by atoms with E-state index in [9.17, 15) is 17.6 Å². The number of halogens is 1. The van der Waals surface area contributed by atoms with Crippen LogP contribution in [0.1, 0.15) is 43.2 Å². The van der Waals surface area contributed by atoms with Crippen LogP contribution in [0.3, 0.4) is 0 Å². The number of pyridine rings is 1. The molecule has 3 rings (SSSR count). The molecule has 6 nitrogen and oxygen atoms in total. The topological polar surface area (TPSA) is 77.4 Å². The van der Waals surface area contributed by atoms with E-state index in [0.717, 1.165) is 38.0 Å². The average Bonchev–Trinajstić information content (AvgIpc) is 2.71. The number of nitrogens with one attached hydrogen (secondary N) is 1. The molecule has 0 unspecified atom stereocenters. The molecule has 0 saturated heterocycles. The maximum Gasteiger partial charge on any atom is 0.286 e. The molecule has 0 spiro atoms. The molecule has 1 aliphatic rings. The fraction of sp³-hybridized carbons (Fsp3) is 0.476. The SMILES string of the molecule is CS(=O)(=O)NC[C@@H](CO[C@H]1CC[C@@H](c2ccccc2)CC1)n1cccc(F)c1=O. The van der Waals surface area contributed by atoms with Gasteiger partial charge in [-0.25, -0.2) is 17.5 Å². The molecule has 1 heterocycles. The van der Waals surface area contributed by atoms with Gasteiger partial charge in [-0.3, -0.25) is 4.79 Å². The third-order valence-electron chi connectivity index (χ3n) is 5.37.